The van der Waals surface area contributed by atoms with Gasteiger partial charge in [-0.05, 0) is 30.0 Å². The number of sulfonamides is 1. The van der Waals surface area contributed by atoms with Gasteiger partial charge in [-0.25, -0.2) is 8.42 Å². The molecule has 2 heterocycles. The molecule has 2 aromatic rings. The van der Waals surface area contributed by atoms with E-state index in [1.54, 1.807) is 34.5 Å². The lowest BCUT2D eigenvalue weighted by molar-refractivity contribution is -0.131. The first-order chi connectivity index (χ1) is 12.9. The number of piperazine rings is 1. The third-order valence-electron chi connectivity index (χ3n) is 4.47. The zero-order valence-electron chi connectivity index (χ0n) is 14.9. The molecule has 1 saturated heterocycles. The number of nitrogens with one attached hydrogen (secondary N) is 1. The molecule has 1 aromatic carbocycles. The Kier molecular flexibility index (Phi) is 5.93. The number of benzene rings is 1. The highest BCUT2D eigenvalue weighted by Gasteiger charge is 2.30. The zero-order valence-corrected chi connectivity index (χ0v) is 16.6. The van der Waals surface area contributed by atoms with Crippen molar-refractivity contribution < 1.29 is 18.0 Å². The third-order valence-corrected chi connectivity index (χ3v) is 7.74. The first kappa shape index (κ1) is 19.5. The van der Waals surface area contributed by atoms with Gasteiger partial charge in [-0.2, -0.15) is 4.31 Å². The van der Waals surface area contributed by atoms with E-state index in [1.165, 1.54) is 15.6 Å². The van der Waals surface area contributed by atoms with Crippen LogP contribution in [0.2, 0.25) is 0 Å². The minimum absolute atomic E-state index is 0.106. The van der Waals surface area contributed by atoms with Crippen molar-refractivity contribution in [2.24, 2.45) is 0 Å². The smallest absolute Gasteiger partial charge is 0.252 e. The first-order valence-corrected chi connectivity index (χ1v) is 10.9. The fraction of sp³-hybridized carbons (Fsp3) is 0.333. The highest BCUT2D eigenvalue weighted by atomic mass is 32.2. The number of carbonyl (C=O) groups excluding carboxylic acids is 2. The van der Waals surface area contributed by atoms with Crippen molar-refractivity contribution in [2.75, 3.05) is 32.7 Å². The molecular formula is C18H21N3O4S2. The number of nitrogens with zero attached hydrogens (tertiary/aromatic N) is 2. The van der Waals surface area contributed by atoms with E-state index in [1.807, 2.05) is 19.1 Å². The van der Waals surface area contributed by atoms with Crippen LogP contribution in [0.1, 0.15) is 15.9 Å². The van der Waals surface area contributed by atoms with Crippen LogP contribution in [0.3, 0.4) is 0 Å². The predicted octanol–water partition coefficient (Wildman–Crippen LogP) is 1.32. The van der Waals surface area contributed by atoms with Gasteiger partial charge in [0.05, 0.1) is 6.54 Å². The summed E-state index contributed by atoms with van der Waals surface area (Å²) in [7, 11) is -3.49. The van der Waals surface area contributed by atoms with Gasteiger partial charge < -0.3 is 10.2 Å². The highest BCUT2D eigenvalue weighted by molar-refractivity contribution is 7.91. The van der Waals surface area contributed by atoms with Gasteiger partial charge in [0, 0.05) is 31.7 Å². The molecular weight excluding hydrogens is 386 g/mol. The second-order valence-electron chi connectivity index (χ2n) is 6.21. The molecule has 1 aliphatic rings. The van der Waals surface area contributed by atoms with Gasteiger partial charge in [-0.3, -0.25) is 9.59 Å². The van der Waals surface area contributed by atoms with E-state index in [2.05, 4.69) is 5.32 Å². The molecule has 2 amide bonds. The lowest BCUT2D eigenvalue weighted by Crippen LogP contribution is -2.52. The molecule has 0 spiro atoms. The Morgan fingerprint density at radius 3 is 2.41 bits per heavy atom. The average molecular weight is 408 g/mol. The lowest BCUT2D eigenvalue weighted by atomic mass is 10.1. The summed E-state index contributed by atoms with van der Waals surface area (Å²) in [5.41, 5.74) is 1.38. The van der Waals surface area contributed by atoms with E-state index < -0.39 is 10.0 Å². The normalized spacial score (nSPS) is 15.5. The number of thiophene rings is 1. The monoisotopic (exact) mass is 407 g/mol. The van der Waals surface area contributed by atoms with Crippen LogP contribution >= 0.6 is 11.3 Å². The molecule has 0 radical (unpaired) electrons. The molecule has 1 aromatic heterocycles. The number of rotatable bonds is 5. The zero-order chi connectivity index (χ0) is 19.4. The van der Waals surface area contributed by atoms with E-state index >= 15 is 0 Å². The Balaban J connectivity index is 1.52. The van der Waals surface area contributed by atoms with Crippen molar-refractivity contribution in [1.29, 1.82) is 0 Å². The number of hydrogen-bond donors (Lipinski definition) is 1. The van der Waals surface area contributed by atoms with Crippen molar-refractivity contribution in [1.82, 2.24) is 14.5 Å². The fourth-order valence-electron chi connectivity index (χ4n) is 2.91. The molecule has 27 heavy (non-hydrogen) atoms. The number of aryl methyl sites for hydroxylation is 1. The van der Waals surface area contributed by atoms with Crippen LogP contribution in [-0.2, 0) is 14.8 Å². The van der Waals surface area contributed by atoms with E-state index in [-0.39, 0.29) is 31.4 Å². The van der Waals surface area contributed by atoms with E-state index in [9.17, 15) is 18.0 Å². The minimum Gasteiger partial charge on any atom is -0.343 e. The molecule has 0 saturated carbocycles. The summed E-state index contributed by atoms with van der Waals surface area (Å²) in [6.07, 6.45) is 0. The Hall–Kier alpha value is -2.23. The molecule has 1 N–H and O–H groups in total. The summed E-state index contributed by atoms with van der Waals surface area (Å²) in [6.45, 7) is 2.84. The van der Waals surface area contributed by atoms with E-state index in [4.69, 9.17) is 0 Å². The number of hydrogen-bond acceptors (Lipinski definition) is 5. The van der Waals surface area contributed by atoms with Crippen LogP contribution in [0.25, 0.3) is 0 Å². The second-order valence-corrected chi connectivity index (χ2v) is 9.33. The van der Waals surface area contributed by atoms with Gasteiger partial charge in [-0.15, -0.1) is 11.3 Å². The molecule has 3 rings (SSSR count). The van der Waals surface area contributed by atoms with Crippen molar-refractivity contribution in [2.45, 2.75) is 11.1 Å². The standard InChI is InChI=1S/C18H21N3O4S2/c1-14-5-2-3-6-15(14)18(23)19-13-16(22)20-8-10-21(11-9-20)27(24,25)17-7-4-12-26-17/h2-7,12H,8-11,13H2,1H3,(H,19,23). The summed E-state index contributed by atoms with van der Waals surface area (Å²) in [5, 5.41) is 4.37. The summed E-state index contributed by atoms with van der Waals surface area (Å²) in [5.74, 6) is -0.509. The summed E-state index contributed by atoms with van der Waals surface area (Å²) >= 11 is 1.18. The molecule has 9 heteroatoms. The molecule has 0 atom stereocenters. The van der Waals surface area contributed by atoms with Crippen molar-refractivity contribution in [3.63, 3.8) is 0 Å². The van der Waals surface area contributed by atoms with Crippen LogP contribution in [0.4, 0.5) is 0 Å². The van der Waals surface area contributed by atoms with Crippen molar-refractivity contribution in [3.05, 3.63) is 52.9 Å². The number of carbonyl (C=O) groups is 2. The maximum absolute atomic E-state index is 12.5. The summed E-state index contributed by atoms with van der Waals surface area (Å²) < 4.78 is 26.7. The van der Waals surface area contributed by atoms with Crippen molar-refractivity contribution >= 4 is 33.2 Å². The molecule has 0 bridgehead atoms. The van der Waals surface area contributed by atoms with E-state index in [0.29, 0.717) is 22.9 Å². The SMILES string of the molecule is Cc1ccccc1C(=O)NCC(=O)N1CCN(S(=O)(=O)c2cccs2)CC1. The molecule has 1 aliphatic heterocycles. The van der Waals surface area contributed by atoms with Crippen LogP contribution in [-0.4, -0.2) is 62.2 Å². The van der Waals surface area contributed by atoms with Crippen LogP contribution < -0.4 is 5.32 Å². The average Bonchev–Trinajstić information content (AvgIpc) is 3.22. The quantitative estimate of drug-likeness (QED) is 0.810. The van der Waals surface area contributed by atoms with Gasteiger partial charge in [0.25, 0.3) is 15.9 Å². The molecule has 1 fully saturated rings. The van der Waals surface area contributed by atoms with Gasteiger partial charge >= 0.3 is 0 Å². The van der Waals surface area contributed by atoms with Gasteiger partial charge in [0.2, 0.25) is 5.91 Å². The van der Waals surface area contributed by atoms with Crippen LogP contribution in [0, 0.1) is 6.92 Å². The summed E-state index contributed by atoms with van der Waals surface area (Å²) in [6, 6.07) is 10.5. The summed E-state index contributed by atoms with van der Waals surface area (Å²) in [4.78, 5) is 26.1. The van der Waals surface area contributed by atoms with Crippen LogP contribution in [0.15, 0.2) is 46.0 Å². The Bertz CT molecular complexity index is 918. The van der Waals surface area contributed by atoms with Crippen molar-refractivity contribution in [3.8, 4) is 0 Å². The Morgan fingerprint density at radius 2 is 1.78 bits per heavy atom. The predicted molar refractivity (Wildman–Crippen MR) is 103 cm³/mol. The third kappa shape index (κ3) is 4.37. The molecule has 0 unspecified atom stereocenters. The van der Waals surface area contributed by atoms with Gasteiger partial charge in [0.1, 0.15) is 4.21 Å². The first-order valence-electron chi connectivity index (χ1n) is 8.55. The fourth-order valence-corrected chi connectivity index (χ4v) is 5.47. The minimum atomic E-state index is -3.49. The maximum Gasteiger partial charge on any atom is 0.252 e. The second kappa shape index (κ2) is 8.20. The highest BCUT2D eigenvalue weighted by Crippen LogP contribution is 2.22. The molecule has 7 nitrogen and oxygen atoms in total. The molecule has 144 valence electrons. The van der Waals surface area contributed by atoms with E-state index in [0.717, 1.165) is 5.56 Å². The Labute approximate surface area is 162 Å². The van der Waals surface area contributed by atoms with Gasteiger partial charge in [0.15, 0.2) is 0 Å². The maximum atomic E-state index is 12.5. The topological polar surface area (TPSA) is 86.8 Å². The van der Waals surface area contributed by atoms with Crippen LogP contribution in [0.5, 0.6) is 0 Å². The molecule has 0 aliphatic carbocycles. The lowest BCUT2D eigenvalue weighted by Gasteiger charge is -2.33. The van der Waals surface area contributed by atoms with Gasteiger partial charge in [-0.1, -0.05) is 24.3 Å². The Morgan fingerprint density at radius 1 is 1.07 bits per heavy atom. The largest absolute Gasteiger partial charge is 0.343 e. The number of amides is 2.